The van der Waals surface area contributed by atoms with Crippen molar-refractivity contribution in [1.82, 2.24) is 5.32 Å². The minimum atomic E-state index is -0.226. The van der Waals surface area contributed by atoms with Crippen LogP contribution >= 0.6 is 12.4 Å². The Morgan fingerprint density at radius 2 is 1.65 bits per heavy atom. The molecule has 23 heavy (non-hydrogen) atoms. The Labute approximate surface area is 146 Å². The number of carbonyl (C=O) groups excluding carboxylic acids is 1. The lowest BCUT2D eigenvalue weighted by atomic mass is 9.93. The molecule has 4 nitrogen and oxygen atoms in total. The van der Waals surface area contributed by atoms with E-state index in [2.05, 4.69) is 57.3 Å². The fourth-order valence-electron chi connectivity index (χ4n) is 2.43. The van der Waals surface area contributed by atoms with E-state index in [9.17, 15) is 4.79 Å². The number of amides is 1. The maximum Gasteiger partial charge on any atom is 0.223 e. The summed E-state index contributed by atoms with van der Waals surface area (Å²) in [6.45, 7) is 8.91. The maximum atomic E-state index is 12.2. The third-order valence-electron chi connectivity index (χ3n) is 3.95. The van der Waals surface area contributed by atoms with Gasteiger partial charge in [-0.25, -0.2) is 0 Å². The van der Waals surface area contributed by atoms with Gasteiger partial charge in [0.15, 0.2) is 0 Å². The van der Waals surface area contributed by atoms with Crippen molar-refractivity contribution < 1.29 is 9.53 Å². The Morgan fingerprint density at radius 1 is 1.13 bits per heavy atom. The largest absolute Gasteiger partial charge is 0.380 e. The van der Waals surface area contributed by atoms with E-state index in [0.717, 1.165) is 5.56 Å². The van der Waals surface area contributed by atoms with Crippen molar-refractivity contribution >= 4 is 18.3 Å². The van der Waals surface area contributed by atoms with Crippen LogP contribution in [0.4, 0.5) is 0 Å². The standard InChI is InChI=1S/C18H30N2O2.ClH/c1-12(2)14-6-8-15(9-7-14)18(13(3)4)20-17(21)10-16(11-19)22-5;/h6-9,12-13,16,18H,10-11,19H2,1-5H3,(H,20,21);1H. The number of methoxy groups -OCH3 is 1. The number of rotatable bonds is 8. The molecule has 0 fully saturated rings. The van der Waals surface area contributed by atoms with Crippen LogP contribution in [0.2, 0.25) is 0 Å². The lowest BCUT2D eigenvalue weighted by Gasteiger charge is -2.24. The Kier molecular flexibility index (Phi) is 10.1. The lowest BCUT2D eigenvalue weighted by Crippen LogP contribution is -2.36. The zero-order valence-corrected chi connectivity index (χ0v) is 15.7. The molecular weight excluding hydrogens is 312 g/mol. The second-order valence-corrected chi connectivity index (χ2v) is 6.41. The number of hydrogen-bond donors (Lipinski definition) is 2. The van der Waals surface area contributed by atoms with Crippen LogP contribution < -0.4 is 11.1 Å². The predicted molar refractivity (Wildman–Crippen MR) is 98.0 cm³/mol. The van der Waals surface area contributed by atoms with Gasteiger partial charge in [0.1, 0.15) is 0 Å². The molecule has 2 atom stereocenters. The summed E-state index contributed by atoms with van der Waals surface area (Å²) < 4.78 is 5.17. The van der Waals surface area contributed by atoms with Crippen LogP contribution in [0, 0.1) is 5.92 Å². The molecule has 5 heteroatoms. The van der Waals surface area contributed by atoms with Crippen molar-refractivity contribution in [3.8, 4) is 0 Å². The summed E-state index contributed by atoms with van der Waals surface area (Å²) in [4.78, 5) is 12.2. The van der Waals surface area contributed by atoms with Crippen molar-refractivity contribution in [3.63, 3.8) is 0 Å². The smallest absolute Gasteiger partial charge is 0.223 e. The number of ether oxygens (including phenoxy) is 1. The molecule has 1 rings (SSSR count). The molecule has 0 aliphatic heterocycles. The molecule has 0 radical (unpaired) electrons. The third kappa shape index (κ3) is 6.90. The van der Waals surface area contributed by atoms with Crippen LogP contribution in [-0.2, 0) is 9.53 Å². The summed E-state index contributed by atoms with van der Waals surface area (Å²) in [7, 11) is 1.58. The summed E-state index contributed by atoms with van der Waals surface area (Å²) in [6.07, 6.45) is 0.0662. The van der Waals surface area contributed by atoms with Gasteiger partial charge in [0, 0.05) is 13.7 Å². The minimum absolute atomic E-state index is 0. The fraction of sp³-hybridized carbons (Fsp3) is 0.611. The van der Waals surface area contributed by atoms with Crippen LogP contribution in [-0.4, -0.2) is 25.7 Å². The number of halogens is 1. The highest BCUT2D eigenvalue weighted by Crippen LogP contribution is 2.24. The average molecular weight is 343 g/mol. The Balaban J connectivity index is 0.00000484. The molecule has 3 N–H and O–H groups in total. The van der Waals surface area contributed by atoms with E-state index < -0.39 is 0 Å². The van der Waals surface area contributed by atoms with Gasteiger partial charge in [-0.15, -0.1) is 12.4 Å². The van der Waals surface area contributed by atoms with Gasteiger partial charge in [-0.05, 0) is 23.0 Å². The lowest BCUT2D eigenvalue weighted by molar-refractivity contribution is -0.124. The van der Waals surface area contributed by atoms with Gasteiger partial charge in [-0.2, -0.15) is 0 Å². The summed E-state index contributed by atoms with van der Waals surface area (Å²) in [5.74, 6) is 0.796. The minimum Gasteiger partial charge on any atom is -0.380 e. The van der Waals surface area contributed by atoms with Crippen molar-refractivity contribution in [2.75, 3.05) is 13.7 Å². The molecule has 0 aromatic heterocycles. The summed E-state index contributed by atoms with van der Waals surface area (Å²) in [5, 5.41) is 3.11. The molecule has 2 unspecified atom stereocenters. The van der Waals surface area contributed by atoms with E-state index in [-0.39, 0.29) is 30.5 Å². The molecule has 1 aromatic carbocycles. The van der Waals surface area contributed by atoms with Crippen molar-refractivity contribution in [2.24, 2.45) is 11.7 Å². The molecule has 0 saturated carbocycles. The Hall–Kier alpha value is -1.10. The average Bonchev–Trinajstić information content (AvgIpc) is 2.50. The SMILES string of the molecule is COC(CN)CC(=O)NC(c1ccc(C(C)C)cc1)C(C)C.Cl. The zero-order chi connectivity index (χ0) is 16.7. The summed E-state index contributed by atoms with van der Waals surface area (Å²) >= 11 is 0. The van der Waals surface area contributed by atoms with Crippen molar-refractivity contribution in [3.05, 3.63) is 35.4 Å². The van der Waals surface area contributed by atoms with Gasteiger partial charge in [0.05, 0.1) is 18.6 Å². The molecule has 0 aliphatic carbocycles. The quantitative estimate of drug-likeness (QED) is 0.761. The molecule has 1 amide bonds. The van der Waals surface area contributed by atoms with Gasteiger partial charge >= 0.3 is 0 Å². The van der Waals surface area contributed by atoms with E-state index in [1.54, 1.807) is 7.11 Å². The van der Waals surface area contributed by atoms with Crippen LogP contribution in [0.5, 0.6) is 0 Å². The molecule has 0 heterocycles. The number of nitrogens with two attached hydrogens (primary N) is 1. The van der Waals surface area contributed by atoms with Gasteiger partial charge in [0.2, 0.25) is 5.91 Å². The summed E-state index contributed by atoms with van der Waals surface area (Å²) in [5.41, 5.74) is 8.01. The second kappa shape index (κ2) is 10.6. The van der Waals surface area contributed by atoms with Crippen LogP contribution in [0.3, 0.4) is 0 Å². The molecule has 0 spiro atoms. The monoisotopic (exact) mass is 342 g/mol. The molecule has 132 valence electrons. The highest BCUT2D eigenvalue weighted by Gasteiger charge is 2.20. The van der Waals surface area contributed by atoms with E-state index in [4.69, 9.17) is 10.5 Å². The first-order valence-electron chi connectivity index (χ1n) is 8.01. The van der Waals surface area contributed by atoms with Crippen molar-refractivity contribution in [1.29, 1.82) is 0 Å². The molecule has 0 aliphatic rings. The van der Waals surface area contributed by atoms with E-state index in [0.29, 0.717) is 24.8 Å². The topological polar surface area (TPSA) is 64.3 Å². The highest BCUT2D eigenvalue weighted by molar-refractivity contribution is 5.85. The Bertz CT molecular complexity index is 457. The first kappa shape index (κ1) is 21.9. The Morgan fingerprint density at radius 3 is 2.04 bits per heavy atom. The molecule has 0 bridgehead atoms. The van der Waals surface area contributed by atoms with Gasteiger partial charge in [-0.1, -0.05) is 52.0 Å². The zero-order valence-electron chi connectivity index (χ0n) is 14.8. The van der Waals surface area contributed by atoms with Crippen molar-refractivity contribution in [2.45, 2.75) is 52.2 Å². The van der Waals surface area contributed by atoms with E-state index in [1.165, 1.54) is 5.56 Å². The van der Waals surface area contributed by atoms with Gasteiger partial charge in [-0.3, -0.25) is 4.79 Å². The van der Waals surface area contributed by atoms with E-state index in [1.807, 2.05) is 0 Å². The number of nitrogens with one attached hydrogen (secondary N) is 1. The van der Waals surface area contributed by atoms with E-state index >= 15 is 0 Å². The maximum absolute atomic E-state index is 12.2. The molecular formula is C18H31ClN2O2. The fourth-order valence-corrected chi connectivity index (χ4v) is 2.43. The summed E-state index contributed by atoms with van der Waals surface area (Å²) in [6, 6.07) is 8.50. The number of hydrogen-bond acceptors (Lipinski definition) is 3. The second-order valence-electron chi connectivity index (χ2n) is 6.41. The van der Waals surface area contributed by atoms with Gasteiger partial charge in [0.25, 0.3) is 0 Å². The number of carbonyl (C=O) groups is 1. The molecule has 1 aromatic rings. The van der Waals surface area contributed by atoms with Gasteiger partial charge < -0.3 is 15.8 Å². The number of benzene rings is 1. The van der Waals surface area contributed by atoms with Crippen LogP contribution in [0.1, 0.15) is 57.2 Å². The molecule has 0 saturated heterocycles. The van der Waals surface area contributed by atoms with Crippen LogP contribution in [0.25, 0.3) is 0 Å². The highest BCUT2D eigenvalue weighted by atomic mass is 35.5. The normalized spacial score (nSPS) is 13.6. The van der Waals surface area contributed by atoms with Crippen LogP contribution in [0.15, 0.2) is 24.3 Å². The first-order valence-corrected chi connectivity index (χ1v) is 8.01. The third-order valence-corrected chi connectivity index (χ3v) is 3.95. The first-order chi connectivity index (χ1) is 10.4. The predicted octanol–water partition coefficient (Wildman–Crippen LogP) is 3.41.